The zero-order valence-electron chi connectivity index (χ0n) is 13.0. The number of aromatic nitrogens is 3. The van der Waals surface area contributed by atoms with Gasteiger partial charge in [-0.15, -0.1) is 10.2 Å². The van der Waals surface area contributed by atoms with Crippen LogP contribution in [0.1, 0.15) is 37.3 Å². The summed E-state index contributed by atoms with van der Waals surface area (Å²) in [6.07, 6.45) is 3.14. The van der Waals surface area contributed by atoms with E-state index in [1.807, 2.05) is 41.8 Å². The first kappa shape index (κ1) is 14.0. The van der Waals surface area contributed by atoms with Gasteiger partial charge in [0.15, 0.2) is 0 Å². The van der Waals surface area contributed by atoms with E-state index in [0.717, 1.165) is 42.6 Å². The molecule has 2 aromatic heterocycles. The van der Waals surface area contributed by atoms with Crippen LogP contribution >= 0.6 is 0 Å². The van der Waals surface area contributed by atoms with Gasteiger partial charge >= 0.3 is 0 Å². The molecule has 118 valence electrons. The van der Waals surface area contributed by atoms with Crippen molar-refractivity contribution < 1.29 is 9.21 Å². The molecule has 1 amide bonds. The molecule has 0 saturated carbocycles. The Morgan fingerprint density at radius 2 is 2.17 bits per heavy atom. The molecule has 6 heteroatoms. The predicted molar refractivity (Wildman–Crippen MR) is 86.2 cm³/mol. The van der Waals surface area contributed by atoms with Crippen LogP contribution in [0.15, 0.2) is 34.7 Å². The number of anilines is 1. The third kappa shape index (κ3) is 2.50. The highest BCUT2D eigenvalue weighted by Gasteiger charge is 2.23. The highest BCUT2D eigenvalue weighted by molar-refractivity contribution is 5.94. The summed E-state index contributed by atoms with van der Waals surface area (Å²) in [5, 5.41) is 12.1. The topological polar surface area (TPSA) is 73.0 Å². The second-order valence-electron chi connectivity index (χ2n) is 5.95. The zero-order chi connectivity index (χ0) is 15.8. The maximum absolute atomic E-state index is 12.5. The molecular weight excluding hydrogens is 292 g/mol. The number of carbonyl (C=O) groups excluding carboxylic acids is 1. The highest BCUT2D eigenvalue weighted by Crippen LogP contribution is 2.26. The molecule has 0 radical (unpaired) electrons. The quantitative estimate of drug-likeness (QED) is 0.806. The van der Waals surface area contributed by atoms with Crippen LogP contribution in [0, 0.1) is 0 Å². The fraction of sp³-hybridized carbons (Fsp3) is 0.353. The fourth-order valence-electron chi connectivity index (χ4n) is 2.96. The number of aryl methyl sites for hydroxylation is 1. The molecule has 0 fully saturated rings. The summed E-state index contributed by atoms with van der Waals surface area (Å²) in [5.74, 6) is 1.61. The maximum Gasteiger partial charge on any atom is 0.237 e. The van der Waals surface area contributed by atoms with Gasteiger partial charge < -0.3 is 4.42 Å². The molecule has 3 aromatic rings. The first-order valence-corrected chi connectivity index (χ1v) is 7.94. The number of nitrogens with zero attached hydrogens (tertiary/aromatic N) is 3. The molecule has 1 aliphatic rings. The van der Waals surface area contributed by atoms with Crippen molar-refractivity contribution in [3.8, 4) is 0 Å². The van der Waals surface area contributed by atoms with Crippen molar-refractivity contribution in [1.82, 2.24) is 14.8 Å². The average molecular weight is 310 g/mol. The number of amides is 1. The maximum atomic E-state index is 12.5. The summed E-state index contributed by atoms with van der Waals surface area (Å²) in [4.78, 5) is 12.5. The van der Waals surface area contributed by atoms with Gasteiger partial charge in [0, 0.05) is 18.4 Å². The number of fused-ring (bicyclic) bond motifs is 2. The summed E-state index contributed by atoms with van der Waals surface area (Å²) in [7, 11) is 0. The summed E-state index contributed by atoms with van der Waals surface area (Å²) < 4.78 is 7.77. The number of benzene rings is 1. The first-order chi connectivity index (χ1) is 11.2. The Hall–Kier alpha value is -2.63. The third-order valence-electron chi connectivity index (χ3n) is 4.36. The first-order valence-electron chi connectivity index (χ1n) is 7.94. The van der Waals surface area contributed by atoms with Gasteiger partial charge in [-0.05, 0) is 31.9 Å². The molecule has 1 unspecified atom stereocenters. The van der Waals surface area contributed by atoms with E-state index in [0.29, 0.717) is 11.7 Å². The number of rotatable bonds is 3. The largest absolute Gasteiger partial charge is 0.460 e. The molecule has 0 saturated heterocycles. The predicted octanol–water partition coefficient (Wildman–Crippen LogP) is 3.10. The summed E-state index contributed by atoms with van der Waals surface area (Å²) in [5.41, 5.74) is 0.794. The Balaban J connectivity index is 1.55. The van der Waals surface area contributed by atoms with Crippen LogP contribution in [0.2, 0.25) is 0 Å². The van der Waals surface area contributed by atoms with Gasteiger partial charge in [-0.2, -0.15) is 0 Å². The van der Waals surface area contributed by atoms with E-state index in [-0.39, 0.29) is 11.8 Å². The second-order valence-corrected chi connectivity index (χ2v) is 5.95. The van der Waals surface area contributed by atoms with Crippen molar-refractivity contribution >= 4 is 22.8 Å². The lowest BCUT2D eigenvalue weighted by atomic mass is 10.1. The molecule has 0 spiro atoms. The van der Waals surface area contributed by atoms with Gasteiger partial charge in [0.2, 0.25) is 11.9 Å². The number of hydrogen-bond acceptors (Lipinski definition) is 4. The molecule has 6 nitrogen and oxygen atoms in total. The molecule has 23 heavy (non-hydrogen) atoms. The third-order valence-corrected chi connectivity index (χ3v) is 4.36. The van der Waals surface area contributed by atoms with Crippen LogP contribution in [0.4, 0.5) is 5.95 Å². The summed E-state index contributed by atoms with van der Waals surface area (Å²) in [6, 6.07) is 9.66. The molecule has 1 aromatic carbocycles. The number of para-hydroxylation sites is 1. The van der Waals surface area contributed by atoms with Crippen LogP contribution in [-0.4, -0.2) is 20.7 Å². The Kier molecular flexibility index (Phi) is 3.37. The van der Waals surface area contributed by atoms with E-state index in [2.05, 4.69) is 15.5 Å². The van der Waals surface area contributed by atoms with Gasteiger partial charge in [-0.3, -0.25) is 14.7 Å². The minimum Gasteiger partial charge on any atom is -0.460 e. The van der Waals surface area contributed by atoms with E-state index < -0.39 is 0 Å². The Bertz CT molecular complexity index is 831. The van der Waals surface area contributed by atoms with Crippen LogP contribution in [0.3, 0.4) is 0 Å². The zero-order valence-corrected chi connectivity index (χ0v) is 13.0. The normalized spacial score (nSPS) is 15.3. The molecule has 1 atom stereocenters. The van der Waals surface area contributed by atoms with E-state index in [9.17, 15) is 4.79 Å². The number of nitrogens with one attached hydrogen (secondary N) is 1. The molecular formula is C17H18N4O2. The summed E-state index contributed by atoms with van der Waals surface area (Å²) in [6.45, 7) is 2.69. The number of furan rings is 1. The fourth-order valence-corrected chi connectivity index (χ4v) is 2.96. The van der Waals surface area contributed by atoms with E-state index in [1.165, 1.54) is 0 Å². The standard InChI is InChI=1S/C17H18N4O2/c1-11(14-10-12-6-2-3-7-13(12)23-14)16(22)18-17-20-19-15-8-4-5-9-21(15)17/h2-3,6-7,10-11H,4-5,8-9H2,1H3,(H,18,20,22). The lowest BCUT2D eigenvalue weighted by Crippen LogP contribution is -2.22. The van der Waals surface area contributed by atoms with Crippen molar-refractivity contribution in [2.24, 2.45) is 0 Å². The van der Waals surface area contributed by atoms with Gasteiger partial charge in [-0.25, -0.2) is 0 Å². The molecule has 4 rings (SSSR count). The van der Waals surface area contributed by atoms with Crippen LogP contribution in [0.5, 0.6) is 0 Å². The van der Waals surface area contributed by atoms with Gasteiger partial charge in [-0.1, -0.05) is 18.2 Å². The van der Waals surface area contributed by atoms with E-state index in [4.69, 9.17) is 4.42 Å². The van der Waals surface area contributed by atoms with Crippen molar-refractivity contribution in [1.29, 1.82) is 0 Å². The van der Waals surface area contributed by atoms with Crippen LogP contribution in [-0.2, 0) is 17.8 Å². The highest BCUT2D eigenvalue weighted by atomic mass is 16.3. The van der Waals surface area contributed by atoms with Crippen LogP contribution < -0.4 is 5.32 Å². The van der Waals surface area contributed by atoms with E-state index in [1.54, 1.807) is 0 Å². The van der Waals surface area contributed by atoms with Gasteiger partial charge in [0.1, 0.15) is 17.2 Å². The van der Waals surface area contributed by atoms with Gasteiger partial charge in [0.25, 0.3) is 0 Å². The lowest BCUT2D eigenvalue weighted by Gasteiger charge is -2.15. The Morgan fingerprint density at radius 3 is 3.04 bits per heavy atom. The van der Waals surface area contributed by atoms with Gasteiger partial charge in [0.05, 0.1) is 5.92 Å². The Labute approximate surface area is 133 Å². The van der Waals surface area contributed by atoms with Crippen LogP contribution in [0.25, 0.3) is 11.0 Å². The number of carbonyl (C=O) groups is 1. The smallest absolute Gasteiger partial charge is 0.237 e. The monoisotopic (exact) mass is 310 g/mol. The molecule has 0 aliphatic carbocycles. The second kappa shape index (κ2) is 5.53. The van der Waals surface area contributed by atoms with Crippen molar-refractivity contribution in [2.45, 2.75) is 38.6 Å². The van der Waals surface area contributed by atoms with E-state index >= 15 is 0 Å². The van der Waals surface area contributed by atoms with Crippen molar-refractivity contribution in [3.05, 3.63) is 41.9 Å². The molecule has 0 bridgehead atoms. The minimum absolute atomic E-state index is 0.134. The minimum atomic E-state index is -0.390. The lowest BCUT2D eigenvalue weighted by molar-refractivity contribution is -0.117. The average Bonchev–Trinajstić information content (AvgIpc) is 3.18. The van der Waals surface area contributed by atoms with Crippen molar-refractivity contribution in [2.75, 3.05) is 5.32 Å². The molecule has 3 heterocycles. The SMILES string of the molecule is CC(C(=O)Nc1nnc2n1CCCC2)c1cc2ccccc2o1. The van der Waals surface area contributed by atoms with Crippen molar-refractivity contribution in [3.63, 3.8) is 0 Å². The summed E-state index contributed by atoms with van der Waals surface area (Å²) >= 11 is 0. The molecule has 1 N–H and O–H groups in total. The molecule has 1 aliphatic heterocycles. The number of hydrogen-bond donors (Lipinski definition) is 1. The Morgan fingerprint density at radius 1 is 1.30 bits per heavy atom.